The molecule has 0 radical (unpaired) electrons. The molecule has 1 aromatic heterocycles. The largest absolute Gasteiger partial charge is 0.466 e. The number of nitrogens with zero attached hydrogens (tertiary/aromatic N) is 5. The number of aromatic nitrogens is 3. The number of nitrogens with one attached hydrogen (secondary N) is 1. The number of methoxy groups -OCH3 is 1. The third-order valence-electron chi connectivity index (χ3n) is 7.50. The number of likely N-dealkylation sites (N-methyl/N-ethyl adjacent to an activating group) is 1. The van der Waals surface area contributed by atoms with E-state index in [9.17, 15) is 33.1 Å². The Morgan fingerprint density at radius 2 is 1.98 bits per heavy atom. The van der Waals surface area contributed by atoms with Crippen molar-refractivity contribution in [2.75, 3.05) is 52.5 Å². The number of quaternary nitrogens is 1. The summed E-state index contributed by atoms with van der Waals surface area (Å²) >= 11 is 0. The first-order valence-electron chi connectivity index (χ1n) is 13.1. The molecule has 1 aliphatic heterocycles. The lowest BCUT2D eigenvalue weighted by atomic mass is 9.89. The van der Waals surface area contributed by atoms with E-state index in [2.05, 4.69) is 16.3 Å². The van der Waals surface area contributed by atoms with E-state index < -0.39 is 35.9 Å². The van der Waals surface area contributed by atoms with Crippen LogP contribution in [0.2, 0.25) is 0 Å². The minimum Gasteiger partial charge on any atom is -0.466 e. The van der Waals surface area contributed by atoms with Gasteiger partial charge in [-0.05, 0) is 42.3 Å². The summed E-state index contributed by atoms with van der Waals surface area (Å²) < 4.78 is 48.6. The Kier molecular flexibility index (Phi) is 8.60. The quantitative estimate of drug-likeness (QED) is 0.276. The molecular weight excluding hydrogens is 553 g/mol. The number of hydrogen-bond acceptors (Lipinski definition) is 7. The van der Waals surface area contributed by atoms with Gasteiger partial charge in [0.05, 0.1) is 51.6 Å². The summed E-state index contributed by atoms with van der Waals surface area (Å²) in [6, 6.07) is 11.0. The summed E-state index contributed by atoms with van der Waals surface area (Å²) in [6.45, 7) is 0.719. The number of H-pyrrole nitrogens is 1. The molecular formula is C29H32F3N6O4+. The number of aromatic amines is 1. The van der Waals surface area contributed by atoms with Crippen molar-refractivity contribution in [2.24, 2.45) is 0 Å². The topological polar surface area (TPSA) is 124 Å². The summed E-state index contributed by atoms with van der Waals surface area (Å²) in [5, 5.41) is 25.6. The van der Waals surface area contributed by atoms with Crippen molar-refractivity contribution in [3.63, 3.8) is 0 Å². The van der Waals surface area contributed by atoms with Gasteiger partial charge >= 0.3 is 17.6 Å². The van der Waals surface area contributed by atoms with Gasteiger partial charge in [0, 0.05) is 23.4 Å². The van der Waals surface area contributed by atoms with Crippen molar-refractivity contribution in [1.29, 1.82) is 5.26 Å². The van der Waals surface area contributed by atoms with Crippen LogP contribution in [0.15, 0.2) is 58.5 Å². The third-order valence-corrected chi connectivity index (χ3v) is 7.50. The molecule has 0 fully saturated rings. The maximum atomic E-state index is 14.3. The van der Waals surface area contributed by atoms with Gasteiger partial charge in [-0.25, -0.2) is 23.6 Å². The molecule has 3 aromatic rings. The van der Waals surface area contributed by atoms with Gasteiger partial charge in [0.2, 0.25) is 5.95 Å². The lowest BCUT2D eigenvalue weighted by Gasteiger charge is -2.36. The van der Waals surface area contributed by atoms with Crippen LogP contribution < -0.4 is 10.6 Å². The van der Waals surface area contributed by atoms with Crippen LogP contribution in [0.5, 0.6) is 0 Å². The average Bonchev–Trinajstić information content (AvgIpc) is 3.35. The number of anilines is 2. The molecule has 1 atom stereocenters. The number of nitriles is 1. The van der Waals surface area contributed by atoms with Gasteiger partial charge in [0.15, 0.2) is 6.67 Å². The predicted molar refractivity (Wildman–Crippen MR) is 148 cm³/mol. The molecule has 13 heteroatoms. The van der Waals surface area contributed by atoms with Gasteiger partial charge in [-0.1, -0.05) is 18.2 Å². The predicted octanol–water partition coefficient (Wildman–Crippen LogP) is 3.30. The average molecular weight is 586 g/mol. The molecule has 0 aliphatic carbocycles. The lowest BCUT2D eigenvalue weighted by Crippen LogP contribution is -2.43. The van der Waals surface area contributed by atoms with Crippen LogP contribution in [0, 0.1) is 11.3 Å². The van der Waals surface area contributed by atoms with Gasteiger partial charge in [-0.2, -0.15) is 14.0 Å². The summed E-state index contributed by atoms with van der Waals surface area (Å²) in [6.07, 6.45) is 0.438. The highest BCUT2D eigenvalue weighted by atomic mass is 19.3. The Morgan fingerprint density at radius 1 is 1.24 bits per heavy atom. The number of carbonyl (C=O) groups is 1. The van der Waals surface area contributed by atoms with Crippen molar-refractivity contribution in [2.45, 2.75) is 25.3 Å². The first kappa shape index (κ1) is 30.5. The highest BCUT2D eigenvalue weighted by molar-refractivity contribution is 5.93. The zero-order chi connectivity index (χ0) is 30.8. The van der Waals surface area contributed by atoms with E-state index in [4.69, 9.17) is 4.74 Å². The lowest BCUT2D eigenvalue weighted by molar-refractivity contribution is -0.890. The van der Waals surface area contributed by atoms with E-state index in [-0.39, 0.29) is 29.5 Å². The molecule has 0 unspecified atom stereocenters. The Labute approximate surface area is 240 Å². The minimum absolute atomic E-state index is 0.0163. The summed E-state index contributed by atoms with van der Waals surface area (Å²) in [5.74, 6) is -4.50. The SMILES string of the molecule is COC(=O)C1=C(C)N(c2cccc(C(F)(F)CF)c2)c2n[nH]c(=O)n2[C@@H]1c1ccc(C#N)cc1CC[N+](C)(C)CCO. The van der Waals surface area contributed by atoms with E-state index in [1.165, 1.54) is 28.7 Å². The van der Waals surface area contributed by atoms with E-state index in [1.54, 1.807) is 25.1 Å². The van der Waals surface area contributed by atoms with Crippen LogP contribution in [0.4, 0.5) is 24.8 Å². The van der Waals surface area contributed by atoms with Crippen molar-refractivity contribution in [1.82, 2.24) is 14.8 Å². The van der Waals surface area contributed by atoms with Gasteiger partial charge in [-0.15, -0.1) is 5.10 Å². The summed E-state index contributed by atoms with van der Waals surface area (Å²) in [7, 11) is 5.09. The molecule has 0 bridgehead atoms. The molecule has 0 spiro atoms. The molecule has 42 heavy (non-hydrogen) atoms. The molecule has 2 N–H and O–H groups in total. The molecule has 222 valence electrons. The maximum absolute atomic E-state index is 14.3. The molecule has 2 heterocycles. The summed E-state index contributed by atoms with van der Waals surface area (Å²) in [4.78, 5) is 28.0. The third kappa shape index (κ3) is 5.68. The molecule has 0 saturated carbocycles. The highest BCUT2D eigenvalue weighted by Crippen LogP contribution is 2.43. The van der Waals surface area contributed by atoms with Crippen LogP contribution in [-0.4, -0.2) is 77.9 Å². The maximum Gasteiger partial charge on any atom is 0.345 e. The molecule has 2 aromatic carbocycles. The van der Waals surface area contributed by atoms with Crippen LogP contribution in [-0.2, 0) is 21.9 Å². The van der Waals surface area contributed by atoms with Crippen molar-refractivity contribution in [3.05, 3.63) is 86.5 Å². The number of hydrogen-bond donors (Lipinski definition) is 2. The van der Waals surface area contributed by atoms with E-state index in [0.29, 0.717) is 40.7 Å². The van der Waals surface area contributed by atoms with Crippen LogP contribution in [0.1, 0.15) is 35.2 Å². The molecule has 0 saturated heterocycles. The van der Waals surface area contributed by atoms with Crippen molar-refractivity contribution < 1.29 is 32.3 Å². The Morgan fingerprint density at radius 3 is 2.62 bits per heavy atom. The zero-order valence-electron chi connectivity index (χ0n) is 23.7. The van der Waals surface area contributed by atoms with Crippen molar-refractivity contribution >= 4 is 17.6 Å². The van der Waals surface area contributed by atoms with Crippen LogP contribution in [0.25, 0.3) is 0 Å². The fourth-order valence-electron chi connectivity index (χ4n) is 5.17. The first-order valence-corrected chi connectivity index (χ1v) is 13.1. The monoisotopic (exact) mass is 585 g/mol. The molecule has 4 rings (SSSR count). The Bertz CT molecular complexity index is 1620. The van der Waals surface area contributed by atoms with E-state index in [1.807, 2.05) is 14.1 Å². The number of fused-ring (bicyclic) bond motifs is 1. The zero-order valence-corrected chi connectivity index (χ0v) is 23.7. The Balaban J connectivity index is 1.96. The second-order valence-electron chi connectivity index (χ2n) is 10.7. The Hall–Kier alpha value is -4.41. The fourth-order valence-corrected chi connectivity index (χ4v) is 5.17. The van der Waals surface area contributed by atoms with Gasteiger partial charge in [-0.3, -0.25) is 4.90 Å². The van der Waals surface area contributed by atoms with Crippen molar-refractivity contribution in [3.8, 4) is 6.07 Å². The number of alkyl halides is 3. The molecule has 0 amide bonds. The number of aliphatic hydroxyl groups is 1. The standard InChI is InChI=1S/C29H31F3N6O4/c1-18-24(26(40)42-4)25(23-9-8-19(16-33)14-20(23)10-11-38(2,3)12-13-39)37-27(34-35-28(37)41)36(18)22-7-5-6-21(15-22)29(31,32)17-30/h5-9,14-15,25,39H,10-13,17H2,1-4H3/p+1/t25-/m1/s1. The summed E-state index contributed by atoms with van der Waals surface area (Å²) in [5.41, 5.74) is 0.780. The second-order valence-corrected chi connectivity index (χ2v) is 10.7. The normalized spacial score (nSPS) is 15.4. The number of esters is 1. The molecule has 10 nitrogen and oxygen atoms in total. The number of halogens is 3. The van der Waals surface area contributed by atoms with Crippen LogP contribution in [0.3, 0.4) is 0 Å². The number of aliphatic hydroxyl groups excluding tert-OH is 1. The minimum atomic E-state index is -3.75. The van der Waals surface area contributed by atoms with Gasteiger partial charge in [0.1, 0.15) is 12.6 Å². The van der Waals surface area contributed by atoms with Gasteiger partial charge in [0.25, 0.3) is 0 Å². The smallest absolute Gasteiger partial charge is 0.345 e. The van der Waals surface area contributed by atoms with E-state index >= 15 is 0 Å². The number of ether oxygens (including phenoxy) is 1. The second kappa shape index (κ2) is 11.8. The van der Waals surface area contributed by atoms with Crippen LogP contribution >= 0.6 is 0 Å². The number of rotatable bonds is 10. The number of benzene rings is 2. The van der Waals surface area contributed by atoms with Gasteiger partial charge < -0.3 is 14.3 Å². The molecule has 1 aliphatic rings. The first-order chi connectivity index (χ1) is 19.9. The van der Waals surface area contributed by atoms with E-state index in [0.717, 1.165) is 12.1 Å². The number of carbonyl (C=O) groups excluding carboxylic acids is 1. The fraction of sp³-hybridized carbons (Fsp3) is 0.379. The number of allylic oxidation sites excluding steroid dienone is 1. The highest BCUT2D eigenvalue weighted by Gasteiger charge is 2.41.